The second-order valence-electron chi connectivity index (χ2n) is 15.0. The number of H-pyrrole nitrogens is 2. The van der Waals surface area contributed by atoms with Crippen molar-refractivity contribution in [1.82, 2.24) is 30.4 Å². The standard InChI is InChI=1S/C40H44F2N7O3P/c1-23(25-3-7-27(8-4-25)31-15-17-44-35-13-11-29(41)19-33(31)35)37-21-39(48-46-37)51-53(43,50)52-40-22-38(47-49-40)24(2)26-5-9-28(10-6-26)32-16-18-45-36-14-12-30(42)20-34(32)36/h11-28H,3-10H2,1-2H3,(H2,43,50)(H,46,48)(H,47,49)/t23?,24?,25-,26-,27+,28+,53?. The number of nitrogens with one attached hydrogen (secondary N) is 2. The Bertz CT molecular complexity index is 2120. The van der Waals surface area contributed by atoms with E-state index in [1.807, 2.05) is 24.5 Å². The fourth-order valence-electron chi connectivity index (χ4n) is 8.83. The van der Waals surface area contributed by atoms with Gasteiger partial charge in [-0.05, 0) is 135 Å². The normalized spacial score (nSPS) is 23.0. The highest BCUT2D eigenvalue weighted by Crippen LogP contribution is 2.46. The van der Waals surface area contributed by atoms with Crippen molar-refractivity contribution in [3.63, 3.8) is 0 Å². The summed E-state index contributed by atoms with van der Waals surface area (Å²) >= 11 is 0. The van der Waals surface area contributed by atoms with Crippen LogP contribution in [0.3, 0.4) is 0 Å². The number of hydrogen-bond acceptors (Lipinski definition) is 7. The van der Waals surface area contributed by atoms with Crippen molar-refractivity contribution < 1.29 is 22.4 Å². The Morgan fingerprint density at radius 1 is 0.660 bits per heavy atom. The minimum Gasteiger partial charge on any atom is -0.385 e. The molecule has 53 heavy (non-hydrogen) atoms. The van der Waals surface area contributed by atoms with E-state index in [9.17, 15) is 13.3 Å². The molecule has 2 aliphatic carbocycles. The summed E-state index contributed by atoms with van der Waals surface area (Å²) in [7, 11) is -4.10. The van der Waals surface area contributed by atoms with Gasteiger partial charge in [-0.3, -0.25) is 20.2 Å². The molecule has 4 N–H and O–H groups in total. The average Bonchev–Trinajstić information content (AvgIpc) is 3.83. The fraction of sp³-hybridized carbons (Fsp3) is 0.400. The molecule has 6 aromatic rings. The van der Waals surface area contributed by atoms with Gasteiger partial charge in [-0.2, -0.15) is 0 Å². The maximum absolute atomic E-state index is 14.0. The number of halogens is 2. The fourth-order valence-corrected chi connectivity index (χ4v) is 9.58. The van der Waals surface area contributed by atoms with E-state index in [1.54, 1.807) is 36.4 Å². The van der Waals surface area contributed by atoms with Gasteiger partial charge in [0, 0.05) is 58.5 Å². The predicted molar refractivity (Wildman–Crippen MR) is 200 cm³/mol. The van der Waals surface area contributed by atoms with Crippen LogP contribution in [-0.4, -0.2) is 30.4 Å². The Labute approximate surface area is 306 Å². The van der Waals surface area contributed by atoms with Gasteiger partial charge in [0.2, 0.25) is 11.8 Å². The van der Waals surface area contributed by atoms with Gasteiger partial charge in [-0.25, -0.2) is 18.9 Å². The van der Waals surface area contributed by atoms with E-state index in [1.165, 1.54) is 12.1 Å². The lowest BCUT2D eigenvalue weighted by Gasteiger charge is -2.32. The second-order valence-corrected chi connectivity index (χ2v) is 16.4. The molecule has 13 heteroatoms. The number of rotatable bonds is 10. The molecule has 2 saturated carbocycles. The summed E-state index contributed by atoms with van der Waals surface area (Å²) in [5.41, 5.74) is 11.7. The molecule has 2 aliphatic rings. The highest BCUT2D eigenvalue weighted by atomic mass is 31.2. The number of pyridine rings is 2. The maximum Gasteiger partial charge on any atom is 0.512 e. The van der Waals surface area contributed by atoms with Gasteiger partial charge in [-0.1, -0.05) is 13.8 Å². The molecule has 2 fully saturated rings. The molecule has 2 atom stereocenters. The van der Waals surface area contributed by atoms with Crippen LogP contribution in [0.2, 0.25) is 0 Å². The van der Waals surface area contributed by atoms with Crippen molar-refractivity contribution in [3.05, 3.63) is 107 Å². The third-order valence-corrected chi connectivity index (χ3v) is 12.8. The quantitative estimate of drug-likeness (QED) is 0.118. The molecule has 0 amide bonds. The Morgan fingerprint density at radius 2 is 1.08 bits per heavy atom. The minimum atomic E-state index is -4.10. The summed E-state index contributed by atoms with van der Waals surface area (Å²) in [5.74, 6) is 1.52. The molecule has 4 heterocycles. The van der Waals surface area contributed by atoms with E-state index in [2.05, 4.69) is 44.2 Å². The van der Waals surface area contributed by atoms with Crippen LogP contribution in [0.1, 0.15) is 111 Å². The van der Waals surface area contributed by atoms with Gasteiger partial charge >= 0.3 is 7.75 Å². The molecule has 4 aromatic heterocycles. The van der Waals surface area contributed by atoms with Crippen LogP contribution in [0, 0.1) is 23.5 Å². The van der Waals surface area contributed by atoms with Crippen molar-refractivity contribution in [2.45, 2.75) is 88.9 Å². The number of benzene rings is 2. The number of aromatic amines is 2. The van der Waals surface area contributed by atoms with Gasteiger partial charge in [0.05, 0.1) is 11.0 Å². The van der Waals surface area contributed by atoms with Crippen LogP contribution in [0.25, 0.3) is 21.8 Å². The molecule has 276 valence electrons. The first kappa shape index (κ1) is 35.4. The first-order chi connectivity index (χ1) is 25.6. The molecule has 0 bridgehead atoms. The second kappa shape index (κ2) is 14.6. The molecule has 10 nitrogen and oxygen atoms in total. The molecule has 0 spiro atoms. The third-order valence-electron chi connectivity index (χ3n) is 11.9. The smallest absolute Gasteiger partial charge is 0.385 e. The molecule has 0 saturated heterocycles. The van der Waals surface area contributed by atoms with Crippen molar-refractivity contribution >= 4 is 29.6 Å². The van der Waals surface area contributed by atoms with E-state index in [-0.39, 0.29) is 35.2 Å². The summed E-state index contributed by atoms with van der Waals surface area (Å²) in [6.07, 6.45) is 11.6. The lowest BCUT2D eigenvalue weighted by Crippen LogP contribution is -2.18. The predicted octanol–water partition coefficient (Wildman–Crippen LogP) is 10.2. The summed E-state index contributed by atoms with van der Waals surface area (Å²) < 4.78 is 52.5. The van der Waals surface area contributed by atoms with Gasteiger partial charge in [-0.15, -0.1) is 10.2 Å². The van der Waals surface area contributed by atoms with E-state index >= 15 is 0 Å². The maximum atomic E-state index is 14.0. The van der Waals surface area contributed by atoms with Gasteiger partial charge < -0.3 is 9.05 Å². The largest absolute Gasteiger partial charge is 0.512 e. The Morgan fingerprint density at radius 3 is 1.49 bits per heavy atom. The molecule has 2 unspecified atom stereocenters. The summed E-state index contributed by atoms with van der Waals surface area (Å²) in [6, 6.07) is 17.1. The molecule has 0 aliphatic heterocycles. The average molecular weight is 740 g/mol. The SMILES string of the molecule is CC(c1cc(OP(N)(=O)Oc2cc(C(C)[C@H]3CC[C@@H](c4ccnc5ccc(F)cc54)CC3)[nH]n2)n[nH]1)[C@H]1CC[C@@H](c2ccnc3ccc(F)cc32)CC1. The zero-order valence-electron chi connectivity index (χ0n) is 29.8. The molecule has 0 radical (unpaired) electrons. The topological polar surface area (TPSA) is 145 Å². The zero-order valence-corrected chi connectivity index (χ0v) is 30.7. The lowest BCUT2D eigenvalue weighted by molar-refractivity contribution is 0.288. The first-order valence-corrected chi connectivity index (χ1v) is 20.2. The van der Waals surface area contributed by atoms with Crippen LogP contribution in [0.4, 0.5) is 8.78 Å². The van der Waals surface area contributed by atoms with Crippen LogP contribution >= 0.6 is 7.75 Å². The molecular weight excluding hydrogens is 695 g/mol. The summed E-state index contributed by atoms with van der Waals surface area (Å²) in [4.78, 5) is 8.83. The minimum absolute atomic E-state index is 0.0993. The number of nitrogens with two attached hydrogens (primary N) is 1. The van der Waals surface area contributed by atoms with E-state index < -0.39 is 7.75 Å². The van der Waals surface area contributed by atoms with Crippen LogP contribution in [0.5, 0.6) is 11.8 Å². The van der Waals surface area contributed by atoms with Crippen LogP contribution in [0.15, 0.2) is 73.1 Å². The van der Waals surface area contributed by atoms with E-state index in [4.69, 9.17) is 14.6 Å². The van der Waals surface area contributed by atoms with E-state index in [0.29, 0.717) is 23.7 Å². The summed E-state index contributed by atoms with van der Waals surface area (Å²) in [5, 5.41) is 16.3. The molecule has 8 rings (SSSR count). The first-order valence-electron chi connectivity index (χ1n) is 18.6. The Hall–Kier alpha value is -4.67. The number of hydrogen-bond donors (Lipinski definition) is 3. The monoisotopic (exact) mass is 739 g/mol. The lowest BCUT2D eigenvalue weighted by atomic mass is 9.73. The highest BCUT2D eigenvalue weighted by Gasteiger charge is 2.32. The molecule has 2 aromatic carbocycles. The zero-order chi connectivity index (χ0) is 36.7. The Balaban J connectivity index is 0.839. The molecular formula is C40H44F2N7O3P. The Kier molecular flexibility index (Phi) is 9.76. The number of aromatic nitrogens is 6. The van der Waals surface area contributed by atoms with Crippen LogP contribution < -0.4 is 14.6 Å². The summed E-state index contributed by atoms with van der Waals surface area (Å²) in [6.45, 7) is 4.30. The van der Waals surface area contributed by atoms with Crippen molar-refractivity contribution in [2.24, 2.45) is 17.3 Å². The van der Waals surface area contributed by atoms with Gasteiger partial charge in [0.15, 0.2) is 0 Å². The number of nitrogens with zero attached hydrogens (tertiary/aromatic N) is 4. The van der Waals surface area contributed by atoms with Gasteiger partial charge in [0.25, 0.3) is 0 Å². The van der Waals surface area contributed by atoms with E-state index in [0.717, 1.165) is 95.7 Å². The van der Waals surface area contributed by atoms with Crippen molar-refractivity contribution in [3.8, 4) is 11.8 Å². The van der Waals surface area contributed by atoms with Crippen molar-refractivity contribution in [1.29, 1.82) is 0 Å². The van der Waals surface area contributed by atoms with Gasteiger partial charge in [0.1, 0.15) is 11.6 Å². The van der Waals surface area contributed by atoms with Crippen molar-refractivity contribution in [2.75, 3.05) is 0 Å². The van der Waals surface area contributed by atoms with Crippen LogP contribution in [-0.2, 0) is 4.57 Å². The third kappa shape index (κ3) is 7.57. The number of fused-ring (bicyclic) bond motifs is 2. The highest BCUT2D eigenvalue weighted by molar-refractivity contribution is 7.52.